The molecule has 2 fully saturated rings. The van der Waals surface area contributed by atoms with Crippen LogP contribution < -0.4 is 5.32 Å². The second kappa shape index (κ2) is 9.77. The summed E-state index contributed by atoms with van der Waals surface area (Å²) in [5, 5.41) is 12.6. The van der Waals surface area contributed by atoms with Crippen LogP contribution in [0.2, 0.25) is 0 Å². The van der Waals surface area contributed by atoms with Crippen molar-refractivity contribution in [3.8, 4) is 6.07 Å². The van der Waals surface area contributed by atoms with Gasteiger partial charge in [-0.1, -0.05) is 6.92 Å². The summed E-state index contributed by atoms with van der Waals surface area (Å²) >= 11 is 0. The fourth-order valence-corrected chi connectivity index (χ4v) is 4.79. The minimum Gasteiger partial charge on any atom is -0.356 e. The lowest BCUT2D eigenvalue weighted by Gasteiger charge is -2.37. The molecule has 2 aliphatic rings. The first-order chi connectivity index (χ1) is 10.9. The molecule has 2 heterocycles. The maximum absolute atomic E-state index is 11.6. The number of hydrogen-bond acceptors (Lipinski definition) is 5. The summed E-state index contributed by atoms with van der Waals surface area (Å²) in [7, 11) is -0.895. The van der Waals surface area contributed by atoms with Gasteiger partial charge in [-0.05, 0) is 25.8 Å². The third-order valence-electron chi connectivity index (χ3n) is 4.46. The molecule has 0 amide bonds. The molecule has 24 heavy (non-hydrogen) atoms. The molecule has 0 aliphatic carbocycles. The first-order valence-corrected chi connectivity index (χ1v) is 10.1. The van der Waals surface area contributed by atoms with E-state index in [1.807, 2.05) is 7.05 Å². The number of halogens is 1. The summed E-state index contributed by atoms with van der Waals surface area (Å²) < 4.78 is 23.1. The van der Waals surface area contributed by atoms with Crippen LogP contribution in [0, 0.1) is 17.2 Å². The topological polar surface area (TPSA) is 88.8 Å². The van der Waals surface area contributed by atoms with E-state index in [0.29, 0.717) is 19.5 Å². The molecule has 0 aromatic carbocycles. The number of piperazine rings is 1. The largest absolute Gasteiger partial charge is 0.356 e. The van der Waals surface area contributed by atoms with Gasteiger partial charge in [0.15, 0.2) is 15.8 Å². The van der Waals surface area contributed by atoms with Gasteiger partial charge in [0.1, 0.15) is 6.04 Å². The molecule has 2 saturated heterocycles. The van der Waals surface area contributed by atoms with Crippen LogP contribution in [-0.4, -0.2) is 81.5 Å². The lowest BCUT2D eigenvalue weighted by molar-refractivity contribution is 0.171. The predicted octanol–water partition coefficient (Wildman–Crippen LogP) is 0.534. The van der Waals surface area contributed by atoms with Crippen molar-refractivity contribution in [2.45, 2.75) is 25.8 Å². The Balaban J connectivity index is 0.00000288. The lowest BCUT2D eigenvalue weighted by Crippen LogP contribution is -2.55. The van der Waals surface area contributed by atoms with Gasteiger partial charge in [0.2, 0.25) is 0 Å². The summed E-state index contributed by atoms with van der Waals surface area (Å²) in [5.74, 6) is 1.47. The van der Waals surface area contributed by atoms with Crippen molar-refractivity contribution in [3.05, 3.63) is 0 Å². The Morgan fingerprint density at radius 3 is 2.75 bits per heavy atom. The Bertz CT molecular complexity index is 575. The van der Waals surface area contributed by atoms with Gasteiger partial charge in [-0.2, -0.15) is 5.26 Å². The van der Waals surface area contributed by atoms with Crippen molar-refractivity contribution in [2.24, 2.45) is 10.9 Å². The van der Waals surface area contributed by atoms with E-state index in [4.69, 9.17) is 0 Å². The molecular formula is C15H28IN5O2S. The minimum absolute atomic E-state index is 0. The minimum atomic E-state index is -2.86. The average Bonchev–Trinajstić information content (AvgIpc) is 2.87. The van der Waals surface area contributed by atoms with Gasteiger partial charge in [0.25, 0.3) is 0 Å². The van der Waals surface area contributed by atoms with Gasteiger partial charge >= 0.3 is 0 Å². The second-order valence-electron chi connectivity index (χ2n) is 6.43. The number of aliphatic imine (C=N–C) groups is 1. The SMILES string of the molecule is CCCNC(=NCC1CCS(=O)(=O)C1)N1CCN(C)C(C#N)C1.I. The molecule has 2 rings (SSSR count). The molecular weight excluding hydrogens is 441 g/mol. The highest BCUT2D eigenvalue weighted by Gasteiger charge is 2.29. The average molecular weight is 469 g/mol. The zero-order valence-electron chi connectivity index (χ0n) is 14.4. The van der Waals surface area contributed by atoms with Crippen molar-refractivity contribution in [1.29, 1.82) is 5.26 Å². The van der Waals surface area contributed by atoms with Crippen LogP contribution in [0.3, 0.4) is 0 Å². The smallest absolute Gasteiger partial charge is 0.194 e. The van der Waals surface area contributed by atoms with Gasteiger partial charge in [0.05, 0.1) is 17.6 Å². The highest BCUT2D eigenvalue weighted by Crippen LogP contribution is 2.18. The molecule has 2 unspecified atom stereocenters. The first kappa shape index (κ1) is 21.4. The summed E-state index contributed by atoms with van der Waals surface area (Å²) in [5.41, 5.74) is 0. The van der Waals surface area contributed by atoms with Crippen LogP contribution in [0.4, 0.5) is 0 Å². The van der Waals surface area contributed by atoms with E-state index in [-0.39, 0.29) is 47.4 Å². The molecule has 138 valence electrons. The quantitative estimate of drug-likeness (QED) is 0.367. The van der Waals surface area contributed by atoms with Gasteiger partial charge in [0, 0.05) is 32.7 Å². The molecule has 0 saturated carbocycles. The molecule has 9 heteroatoms. The van der Waals surface area contributed by atoms with Crippen molar-refractivity contribution < 1.29 is 8.42 Å². The van der Waals surface area contributed by atoms with Gasteiger partial charge in [-0.15, -0.1) is 24.0 Å². The number of sulfone groups is 1. The number of nitrogens with one attached hydrogen (secondary N) is 1. The van der Waals surface area contributed by atoms with E-state index < -0.39 is 9.84 Å². The Morgan fingerprint density at radius 2 is 2.17 bits per heavy atom. The third-order valence-corrected chi connectivity index (χ3v) is 6.29. The number of nitrogens with zero attached hydrogens (tertiary/aromatic N) is 4. The van der Waals surface area contributed by atoms with Crippen LogP contribution in [-0.2, 0) is 9.84 Å². The Kier molecular flexibility index (Phi) is 8.73. The summed E-state index contributed by atoms with van der Waals surface area (Å²) in [6.45, 7) is 5.73. The molecule has 0 bridgehead atoms. The molecule has 1 N–H and O–H groups in total. The highest BCUT2D eigenvalue weighted by atomic mass is 127. The van der Waals surface area contributed by atoms with E-state index >= 15 is 0 Å². The zero-order chi connectivity index (χ0) is 16.9. The molecule has 0 radical (unpaired) electrons. The number of likely N-dealkylation sites (N-methyl/N-ethyl adjacent to an activating group) is 1. The maximum Gasteiger partial charge on any atom is 0.194 e. The van der Waals surface area contributed by atoms with Crippen molar-refractivity contribution in [3.63, 3.8) is 0 Å². The van der Waals surface area contributed by atoms with E-state index in [0.717, 1.165) is 32.0 Å². The predicted molar refractivity (Wildman–Crippen MR) is 106 cm³/mol. The lowest BCUT2D eigenvalue weighted by atomic mass is 10.1. The van der Waals surface area contributed by atoms with Crippen LogP contribution in [0.1, 0.15) is 19.8 Å². The van der Waals surface area contributed by atoms with Gasteiger partial charge in [-0.3, -0.25) is 9.89 Å². The van der Waals surface area contributed by atoms with Crippen molar-refractivity contribution in [2.75, 3.05) is 51.3 Å². The van der Waals surface area contributed by atoms with Crippen LogP contribution >= 0.6 is 24.0 Å². The van der Waals surface area contributed by atoms with E-state index in [1.165, 1.54) is 0 Å². The van der Waals surface area contributed by atoms with Gasteiger partial charge < -0.3 is 10.2 Å². The van der Waals surface area contributed by atoms with Crippen molar-refractivity contribution >= 4 is 39.8 Å². The van der Waals surface area contributed by atoms with Crippen LogP contribution in [0.5, 0.6) is 0 Å². The normalized spacial score (nSPS) is 27.4. The number of nitriles is 1. The van der Waals surface area contributed by atoms with Crippen LogP contribution in [0.25, 0.3) is 0 Å². The number of guanidine groups is 1. The first-order valence-electron chi connectivity index (χ1n) is 8.28. The molecule has 2 atom stereocenters. The molecule has 0 spiro atoms. The van der Waals surface area contributed by atoms with E-state index in [2.05, 4.69) is 33.1 Å². The summed E-state index contributed by atoms with van der Waals surface area (Å²) in [6.07, 6.45) is 1.70. The fraction of sp³-hybridized carbons (Fsp3) is 0.867. The monoisotopic (exact) mass is 469 g/mol. The zero-order valence-corrected chi connectivity index (χ0v) is 17.6. The Hall–Kier alpha value is -0.600. The van der Waals surface area contributed by atoms with E-state index in [9.17, 15) is 13.7 Å². The van der Waals surface area contributed by atoms with Gasteiger partial charge in [-0.25, -0.2) is 8.42 Å². The molecule has 7 nitrogen and oxygen atoms in total. The molecule has 0 aromatic rings. The maximum atomic E-state index is 11.6. The Labute approximate surface area is 162 Å². The van der Waals surface area contributed by atoms with Crippen LogP contribution in [0.15, 0.2) is 4.99 Å². The van der Waals surface area contributed by atoms with Crippen molar-refractivity contribution in [1.82, 2.24) is 15.1 Å². The fourth-order valence-electron chi connectivity index (χ4n) is 2.94. The number of hydrogen-bond donors (Lipinski definition) is 1. The number of rotatable bonds is 4. The van der Waals surface area contributed by atoms with E-state index in [1.54, 1.807) is 0 Å². The summed E-state index contributed by atoms with van der Waals surface area (Å²) in [4.78, 5) is 8.84. The second-order valence-corrected chi connectivity index (χ2v) is 8.66. The third kappa shape index (κ3) is 6.04. The highest BCUT2D eigenvalue weighted by molar-refractivity contribution is 14.0. The molecule has 0 aromatic heterocycles. The summed E-state index contributed by atoms with van der Waals surface area (Å²) in [6, 6.07) is 2.19. The molecule has 2 aliphatic heterocycles. The standard InChI is InChI=1S/C15H27N5O2S.HI/c1-3-5-17-15(18-10-13-4-8-23(21,22)12-13)20-7-6-19(2)14(9-16)11-20;/h13-14H,3-8,10-12H2,1-2H3,(H,17,18);1H. The Morgan fingerprint density at radius 1 is 1.42 bits per heavy atom.